The van der Waals surface area contributed by atoms with Crippen LogP contribution < -0.4 is 10.1 Å². The highest BCUT2D eigenvalue weighted by atomic mass is 16.5. The van der Waals surface area contributed by atoms with Crippen molar-refractivity contribution in [1.29, 1.82) is 0 Å². The summed E-state index contributed by atoms with van der Waals surface area (Å²) in [5.74, 6) is 1.64. The molecule has 1 heterocycles. The Labute approximate surface area is 123 Å². The van der Waals surface area contributed by atoms with Crippen LogP contribution in [-0.4, -0.2) is 37.2 Å². The van der Waals surface area contributed by atoms with Gasteiger partial charge in [-0.3, -0.25) is 0 Å². The number of fused-ring (bicyclic) bond motifs is 1. The second-order valence-corrected chi connectivity index (χ2v) is 6.86. The summed E-state index contributed by atoms with van der Waals surface area (Å²) in [6, 6.07) is 9.13. The third kappa shape index (κ3) is 2.99. The maximum absolute atomic E-state index is 6.08. The molecule has 0 saturated carbocycles. The zero-order valence-corrected chi connectivity index (χ0v) is 13.6. The molecule has 1 N–H and O–H groups in total. The van der Waals surface area contributed by atoms with E-state index in [0.29, 0.717) is 12.0 Å². The third-order valence-corrected chi connectivity index (χ3v) is 4.26. The molecule has 3 nitrogen and oxygen atoms in total. The van der Waals surface area contributed by atoms with Gasteiger partial charge in [-0.15, -0.1) is 0 Å². The van der Waals surface area contributed by atoms with E-state index in [9.17, 15) is 0 Å². The van der Waals surface area contributed by atoms with Crippen LogP contribution in [0.4, 0.5) is 0 Å². The minimum absolute atomic E-state index is 0.197. The predicted octanol–water partition coefficient (Wildman–Crippen LogP) is 3.07. The Morgan fingerprint density at radius 2 is 1.90 bits per heavy atom. The lowest BCUT2D eigenvalue weighted by atomic mass is 9.93. The highest BCUT2D eigenvalue weighted by Gasteiger charge is 2.40. The average molecular weight is 276 g/mol. The number of ether oxygens (including phenoxy) is 1. The summed E-state index contributed by atoms with van der Waals surface area (Å²) in [5.41, 5.74) is 1.08. The van der Waals surface area contributed by atoms with Gasteiger partial charge in [0.2, 0.25) is 0 Å². The molecule has 2 atom stereocenters. The maximum atomic E-state index is 6.08. The SMILES string of the molecule is CC(C)C(CNC1c2ccccc2OC1(C)C)N(C)C. The first-order chi connectivity index (χ1) is 9.33. The molecule has 1 aromatic rings. The van der Waals surface area contributed by atoms with Gasteiger partial charge in [-0.25, -0.2) is 0 Å². The zero-order valence-electron chi connectivity index (χ0n) is 13.6. The number of para-hydroxylation sites is 1. The quantitative estimate of drug-likeness (QED) is 0.894. The first kappa shape index (κ1) is 15.3. The Bertz CT molecular complexity index is 446. The van der Waals surface area contributed by atoms with Crippen LogP contribution in [0.3, 0.4) is 0 Å². The minimum Gasteiger partial charge on any atom is -0.486 e. The molecule has 2 rings (SSSR count). The van der Waals surface area contributed by atoms with Gasteiger partial charge < -0.3 is 15.0 Å². The Balaban J connectivity index is 2.12. The summed E-state index contributed by atoms with van der Waals surface area (Å²) in [5, 5.41) is 3.72. The van der Waals surface area contributed by atoms with Crippen LogP contribution in [0.15, 0.2) is 24.3 Å². The fourth-order valence-corrected chi connectivity index (χ4v) is 3.14. The van der Waals surface area contributed by atoms with Gasteiger partial charge in [-0.1, -0.05) is 32.0 Å². The Morgan fingerprint density at radius 1 is 1.25 bits per heavy atom. The molecule has 0 spiro atoms. The van der Waals surface area contributed by atoms with Gasteiger partial charge in [0.1, 0.15) is 11.4 Å². The van der Waals surface area contributed by atoms with Gasteiger partial charge in [0.25, 0.3) is 0 Å². The number of nitrogens with one attached hydrogen (secondary N) is 1. The standard InChI is InChI=1S/C17H28N2O/c1-12(2)14(19(5)6)11-18-16-13-9-7-8-10-15(13)20-17(16,3)4/h7-10,12,14,16,18H,11H2,1-6H3. The van der Waals surface area contributed by atoms with E-state index in [-0.39, 0.29) is 11.6 Å². The lowest BCUT2D eigenvalue weighted by Gasteiger charge is -2.33. The fraction of sp³-hybridized carbons (Fsp3) is 0.647. The Hall–Kier alpha value is -1.06. The van der Waals surface area contributed by atoms with Crippen molar-refractivity contribution in [3.05, 3.63) is 29.8 Å². The molecule has 112 valence electrons. The van der Waals surface area contributed by atoms with Gasteiger partial charge >= 0.3 is 0 Å². The number of rotatable bonds is 5. The molecule has 0 saturated heterocycles. The summed E-state index contributed by atoms with van der Waals surface area (Å²) < 4.78 is 6.08. The van der Waals surface area contributed by atoms with Crippen molar-refractivity contribution in [2.75, 3.05) is 20.6 Å². The number of benzene rings is 1. The van der Waals surface area contributed by atoms with Crippen molar-refractivity contribution < 1.29 is 4.74 Å². The van der Waals surface area contributed by atoms with Crippen LogP contribution in [0.5, 0.6) is 5.75 Å². The van der Waals surface area contributed by atoms with Gasteiger partial charge in [0, 0.05) is 18.2 Å². The van der Waals surface area contributed by atoms with Crippen LogP contribution >= 0.6 is 0 Å². The van der Waals surface area contributed by atoms with Gasteiger partial charge in [-0.05, 0) is 39.9 Å². The van der Waals surface area contributed by atoms with Crippen molar-refractivity contribution in [2.24, 2.45) is 5.92 Å². The first-order valence-corrected chi connectivity index (χ1v) is 7.50. The van der Waals surface area contributed by atoms with E-state index < -0.39 is 0 Å². The Kier molecular flexibility index (Phi) is 4.40. The normalized spacial score (nSPS) is 21.9. The van der Waals surface area contributed by atoms with Crippen molar-refractivity contribution in [3.63, 3.8) is 0 Å². The minimum atomic E-state index is -0.197. The molecule has 3 heteroatoms. The van der Waals surface area contributed by atoms with E-state index >= 15 is 0 Å². The van der Waals surface area contributed by atoms with Gasteiger partial charge in [0.05, 0.1) is 6.04 Å². The number of nitrogens with zero attached hydrogens (tertiary/aromatic N) is 1. The van der Waals surface area contributed by atoms with Crippen molar-refractivity contribution >= 4 is 0 Å². The molecule has 1 aliphatic heterocycles. The largest absolute Gasteiger partial charge is 0.486 e. The molecule has 2 unspecified atom stereocenters. The number of likely N-dealkylation sites (N-methyl/N-ethyl adjacent to an activating group) is 1. The van der Waals surface area contributed by atoms with E-state index in [0.717, 1.165) is 12.3 Å². The summed E-state index contributed by atoms with van der Waals surface area (Å²) in [6.07, 6.45) is 0. The molecule has 1 aliphatic rings. The van der Waals surface area contributed by atoms with Crippen LogP contribution in [0.2, 0.25) is 0 Å². The molecule has 0 bridgehead atoms. The predicted molar refractivity (Wildman–Crippen MR) is 84.2 cm³/mol. The molecule has 20 heavy (non-hydrogen) atoms. The molecule has 0 aromatic heterocycles. The summed E-state index contributed by atoms with van der Waals surface area (Å²) in [6.45, 7) is 9.83. The summed E-state index contributed by atoms with van der Waals surface area (Å²) in [7, 11) is 4.30. The maximum Gasteiger partial charge on any atom is 0.125 e. The van der Waals surface area contributed by atoms with Gasteiger partial charge in [-0.2, -0.15) is 0 Å². The third-order valence-electron chi connectivity index (χ3n) is 4.26. The Morgan fingerprint density at radius 3 is 2.50 bits per heavy atom. The van der Waals surface area contributed by atoms with Crippen LogP contribution in [0.25, 0.3) is 0 Å². The smallest absolute Gasteiger partial charge is 0.125 e. The molecule has 0 fully saturated rings. The van der Waals surface area contributed by atoms with E-state index in [1.807, 2.05) is 6.07 Å². The molecule has 1 aromatic carbocycles. The van der Waals surface area contributed by atoms with E-state index in [1.165, 1.54) is 5.56 Å². The first-order valence-electron chi connectivity index (χ1n) is 7.50. The van der Waals surface area contributed by atoms with Crippen LogP contribution in [0, 0.1) is 5.92 Å². The highest BCUT2D eigenvalue weighted by molar-refractivity contribution is 5.42. The monoisotopic (exact) mass is 276 g/mol. The zero-order chi connectivity index (χ0) is 14.9. The highest BCUT2D eigenvalue weighted by Crippen LogP contribution is 2.42. The molecule has 0 amide bonds. The topological polar surface area (TPSA) is 24.5 Å². The van der Waals surface area contributed by atoms with Crippen LogP contribution in [-0.2, 0) is 0 Å². The summed E-state index contributed by atoms with van der Waals surface area (Å²) >= 11 is 0. The van der Waals surface area contributed by atoms with Crippen molar-refractivity contribution in [2.45, 2.75) is 45.4 Å². The van der Waals surface area contributed by atoms with Crippen LogP contribution in [0.1, 0.15) is 39.3 Å². The number of hydrogen-bond acceptors (Lipinski definition) is 3. The molecular weight excluding hydrogens is 248 g/mol. The van der Waals surface area contributed by atoms with Gasteiger partial charge in [0.15, 0.2) is 0 Å². The second kappa shape index (κ2) is 5.74. The van der Waals surface area contributed by atoms with E-state index in [1.54, 1.807) is 0 Å². The van der Waals surface area contributed by atoms with E-state index in [4.69, 9.17) is 4.74 Å². The van der Waals surface area contributed by atoms with E-state index in [2.05, 4.69) is 70.2 Å². The average Bonchev–Trinajstić information content (AvgIpc) is 2.59. The lowest BCUT2D eigenvalue weighted by Crippen LogP contribution is -2.46. The molecule has 0 aliphatic carbocycles. The number of hydrogen-bond donors (Lipinski definition) is 1. The summed E-state index contributed by atoms with van der Waals surface area (Å²) in [4.78, 5) is 2.30. The lowest BCUT2D eigenvalue weighted by molar-refractivity contribution is 0.0903. The molecule has 0 radical (unpaired) electrons. The fourth-order valence-electron chi connectivity index (χ4n) is 3.14. The molecular formula is C17H28N2O. The second-order valence-electron chi connectivity index (χ2n) is 6.86. The van der Waals surface area contributed by atoms with Crippen molar-refractivity contribution in [3.8, 4) is 5.75 Å². The van der Waals surface area contributed by atoms with Crippen molar-refractivity contribution in [1.82, 2.24) is 10.2 Å².